The minimum atomic E-state index is -0.388. The van der Waals surface area contributed by atoms with Crippen molar-refractivity contribution in [3.63, 3.8) is 0 Å². The van der Waals surface area contributed by atoms with Crippen molar-refractivity contribution in [2.24, 2.45) is 0 Å². The Hall–Kier alpha value is -2.53. The second kappa shape index (κ2) is 6.49. The van der Waals surface area contributed by atoms with E-state index in [1.54, 1.807) is 17.5 Å². The first-order chi connectivity index (χ1) is 10.7. The smallest absolute Gasteiger partial charge is 0.275 e. The molecule has 3 nitrogen and oxygen atoms in total. The SMILES string of the molecule is O=C(Nc1cccc(F)c1)c1csc(Cc2ccccc2)n1. The molecule has 1 aromatic heterocycles. The summed E-state index contributed by atoms with van der Waals surface area (Å²) in [5.74, 6) is -0.720. The number of carbonyl (C=O) groups is 1. The molecule has 0 aliphatic heterocycles. The highest BCUT2D eigenvalue weighted by Gasteiger charge is 2.11. The summed E-state index contributed by atoms with van der Waals surface area (Å²) in [5.41, 5.74) is 1.91. The van der Waals surface area contributed by atoms with E-state index in [9.17, 15) is 9.18 Å². The quantitative estimate of drug-likeness (QED) is 0.787. The van der Waals surface area contributed by atoms with Gasteiger partial charge in [-0.15, -0.1) is 11.3 Å². The summed E-state index contributed by atoms with van der Waals surface area (Å²) in [5, 5.41) is 5.23. The van der Waals surface area contributed by atoms with Gasteiger partial charge in [0.25, 0.3) is 5.91 Å². The van der Waals surface area contributed by atoms with Gasteiger partial charge < -0.3 is 5.32 Å². The molecular formula is C17H13FN2OS. The predicted octanol–water partition coefficient (Wildman–Crippen LogP) is 4.13. The lowest BCUT2D eigenvalue weighted by Crippen LogP contribution is -2.12. The maximum Gasteiger partial charge on any atom is 0.275 e. The lowest BCUT2D eigenvalue weighted by molar-refractivity contribution is 0.102. The van der Waals surface area contributed by atoms with Crippen LogP contribution in [-0.2, 0) is 6.42 Å². The summed E-state index contributed by atoms with van der Waals surface area (Å²) in [6.07, 6.45) is 0.693. The molecule has 0 fully saturated rings. The molecule has 2 aromatic carbocycles. The fourth-order valence-electron chi connectivity index (χ4n) is 2.03. The Morgan fingerprint density at radius 1 is 1.14 bits per heavy atom. The monoisotopic (exact) mass is 312 g/mol. The summed E-state index contributed by atoms with van der Waals surface area (Å²) < 4.78 is 13.1. The van der Waals surface area contributed by atoms with Crippen LogP contribution in [-0.4, -0.2) is 10.9 Å². The van der Waals surface area contributed by atoms with Crippen molar-refractivity contribution in [3.8, 4) is 0 Å². The van der Waals surface area contributed by atoms with Gasteiger partial charge in [-0.05, 0) is 23.8 Å². The third-order valence-electron chi connectivity index (χ3n) is 3.07. The molecule has 3 rings (SSSR count). The van der Waals surface area contributed by atoms with E-state index in [1.165, 1.54) is 23.5 Å². The minimum absolute atomic E-state index is 0.332. The number of halogens is 1. The number of rotatable bonds is 4. The van der Waals surface area contributed by atoms with Crippen molar-refractivity contribution >= 4 is 22.9 Å². The molecule has 3 aromatic rings. The molecule has 0 atom stereocenters. The van der Waals surface area contributed by atoms with E-state index in [1.807, 2.05) is 30.3 Å². The van der Waals surface area contributed by atoms with E-state index >= 15 is 0 Å². The average molecular weight is 312 g/mol. The van der Waals surface area contributed by atoms with Gasteiger partial charge in [0.2, 0.25) is 0 Å². The van der Waals surface area contributed by atoms with Crippen LogP contribution in [0, 0.1) is 5.82 Å². The Morgan fingerprint density at radius 3 is 2.73 bits per heavy atom. The van der Waals surface area contributed by atoms with Gasteiger partial charge in [-0.2, -0.15) is 0 Å². The van der Waals surface area contributed by atoms with Crippen molar-refractivity contribution in [2.75, 3.05) is 5.32 Å². The zero-order valence-electron chi connectivity index (χ0n) is 11.6. The van der Waals surface area contributed by atoms with Gasteiger partial charge in [-0.3, -0.25) is 4.79 Å². The van der Waals surface area contributed by atoms with Crippen LogP contribution in [0.25, 0.3) is 0 Å². The maximum absolute atomic E-state index is 13.1. The molecule has 1 heterocycles. The molecule has 0 aliphatic carbocycles. The molecule has 0 saturated heterocycles. The number of hydrogen-bond donors (Lipinski definition) is 1. The molecule has 22 heavy (non-hydrogen) atoms. The molecule has 110 valence electrons. The van der Waals surface area contributed by atoms with Crippen LogP contribution in [0.4, 0.5) is 10.1 Å². The van der Waals surface area contributed by atoms with Gasteiger partial charge in [-0.25, -0.2) is 9.37 Å². The standard InChI is InChI=1S/C17H13FN2OS/c18-13-7-4-8-14(10-13)19-17(21)15-11-22-16(20-15)9-12-5-2-1-3-6-12/h1-8,10-11H,9H2,(H,19,21). The van der Waals surface area contributed by atoms with Crippen LogP contribution < -0.4 is 5.32 Å². The van der Waals surface area contributed by atoms with E-state index in [-0.39, 0.29) is 11.7 Å². The number of thiazole rings is 1. The molecule has 0 aliphatic rings. The molecule has 0 unspecified atom stereocenters. The van der Waals surface area contributed by atoms with E-state index < -0.39 is 0 Å². The lowest BCUT2D eigenvalue weighted by Gasteiger charge is -2.02. The first kappa shape index (κ1) is 14.4. The Kier molecular flexibility index (Phi) is 4.25. The Bertz CT molecular complexity index is 786. The number of carbonyl (C=O) groups excluding carboxylic acids is 1. The molecule has 5 heteroatoms. The Labute approximate surface area is 131 Å². The highest BCUT2D eigenvalue weighted by atomic mass is 32.1. The van der Waals surface area contributed by atoms with Crippen LogP contribution in [0.1, 0.15) is 21.1 Å². The summed E-state index contributed by atoms with van der Waals surface area (Å²) in [6, 6.07) is 15.7. The average Bonchev–Trinajstić information content (AvgIpc) is 2.97. The zero-order valence-corrected chi connectivity index (χ0v) is 12.4. The molecule has 1 amide bonds. The highest BCUT2D eigenvalue weighted by Crippen LogP contribution is 2.16. The number of hydrogen-bond acceptors (Lipinski definition) is 3. The van der Waals surface area contributed by atoms with Crippen molar-refractivity contribution < 1.29 is 9.18 Å². The fraction of sp³-hybridized carbons (Fsp3) is 0.0588. The van der Waals surface area contributed by atoms with E-state index in [4.69, 9.17) is 0 Å². The molecular weight excluding hydrogens is 299 g/mol. The largest absolute Gasteiger partial charge is 0.321 e. The van der Waals surface area contributed by atoms with E-state index in [0.717, 1.165) is 10.6 Å². The number of nitrogens with zero attached hydrogens (tertiary/aromatic N) is 1. The van der Waals surface area contributed by atoms with Crippen molar-refractivity contribution in [1.82, 2.24) is 4.98 Å². The van der Waals surface area contributed by atoms with Crippen LogP contribution in [0.5, 0.6) is 0 Å². The van der Waals surface area contributed by atoms with E-state index in [2.05, 4.69) is 10.3 Å². The van der Waals surface area contributed by atoms with Crippen LogP contribution >= 0.6 is 11.3 Å². The third kappa shape index (κ3) is 3.56. The van der Waals surface area contributed by atoms with Gasteiger partial charge in [0.1, 0.15) is 11.5 Å². The third-order valence-corrected chi connectivity index (χ3v) is 3.91. The Balaban J connectivity index is 1.69. The summed E-state index contributed by atoms with van der Waals surface area (Å²) in [7, 11) is 0. The van der Waals surface area contributed by atoms with E-state index in [0.29, 0.717) is 17.8 Å². The first-order valence-corrected chi connectivity index (χ1v) is 7.64. The maximum atomic E-state index is 13.1. The second-order valence-corrected chi connectivity index (χ2v) is 5.70. The number of amides is 1. The van der Waals surface area contributed by atoms with Crippen molar-refractivity contribution in [1.29, 1.82) is 0 Å². The molecule has 0 spiro atoms. The topological polar surface area (TPSA) is 42.0 Å². The Morgan fingerprint density at radius 2 is 1.95 bits per heavy atom. The number of nitrogens with one attached hydrogen (secondary N) is 1. The highest BCUT2D eigenvalue weighted by molar-refractivity contribution is 7.09. The van der Waals surface area contributed by atoms with Gasteiger partial charge in [0, 0.05) is 17.5 Å². The van der Waals surface area contributed by atoms with Crippen LogP contribution in [0.2, 0.25) is 0 Å². The molecule has 1 N–H and O–H groups in total. The van der Waals surface area contributed by atoms with Crippen LogP contribution in [0.15, 0.2) is 60.0 Å². The fourth-order valence-corrected chi connectivity index (χ4v) is 2.84. The number of aromatic nitrogens is 1. The zero-order chi connectivity index (χ0) is 15.4. The van der Waals surface area contributed by atoms with Crippen molar-refractivity contribution in [3.05, 3.63) is 82.1 Å². The summed E-state index contributed by atoms with van der Waals surface area (Å²) in [4.78, 5) is 16.4. The molecule has 0 bridgehead atoms. The molecule has 0 radical (unpaired) electrons. The molecule has 0 saturated carbocycles. The van der Waals surface area contributed by atoms with Crippen LogP contribution in [0.3, 0.4) is 0 Å². The summed E-state index contributed by atoms with van der Waals surface area (Å²) >= 11 is 1.44. The van der Waals surface area contributed by atoms with Gasteiger partial charge in [0.15, 0.2) is 0 Å². The number of anilines is 1. The second-order valence-electron chi connectivity index (χ2n) is 4.75. The first-order valence-electron chi connectivity index (χ1n) is 6.76. The minimum Gasteiger partial charge on any atom is -0.321 e. The normalized spacial score (nSPS) is 10.4. The van der Waals surface area contributed by atoms with Gasteiger partial charge in [0.05, 0.1) is 5.01 Å². The lowest BCUT2D eigenvalue weighted by atomic mass is 10.2. The van der Waals surface area contributed by atoms with Gasteiger partial charge >= 0.3 is 0 Å². The summed E-state index contributed by atoms with van der Waals surface area (Å²) in [6.45, 7) is 0. The predicted molar refractivity (Wildman–Crippen MR) is 85.7 cm³/mol. The van der Waals surface area contributed by atoms with Gasteiger partial charge in [-0.1, -0.05) is 36.4 Å². The number of benzene rings is 2. The van der Waals surface area contributed by atoms with Crippen molar-refractivity contribution in [2.45, 2.75) is 6.42 Å².